The van der Waals surface area contributed by atoms with Crippen molar-refractivity contribution >= 4 is 5.91 Å². The van der Waals surface area contributed by atoms with Gasteiger partial charge in [0.15, 0.2) is 0 Å². The van der Waals surface area contributed by atoms with Crippen molar-refractivity contribution in [2.24, 2.45) is 5.92 Å². The van der Waals surface area contributed by atoms with Crippen LogP contribution in [0.4, 0.5) is 0 Å². The minimum Gasteiger partial charge on any atom is -0.393 e. The number of rotatable bonds is 7. The van der Waals surface area contributed by atoms with Crippen LogP contribution >= 0.6 is 0 Å². The summed E-state index contributed by atoms with van der Waals surface area (Å²) in [6.45, 7) is 8.64. The van der Waals surface area contributed by atoms with Gasteiger partial charge in [0.25, 0.3) is 0 Å². The predicted molar refractivity (Wildman–Crippen MR) is 82.7 cm³/mol. The molecule has 0 radical (unpaired) electrons. The van der Waals surface area contributed by atoms with Crippen molar-refractivity contribution in [2.75, 3.05) is 6.54 Å². The molecule has 1 aromatic rings. The van der Waals surface area contributed by atoms with Crippen LogP contribution in [0.3, 0.4) is 0 Å². The molecule has 0 aromatic heterocycles. The SMILES string of the molecule is Cc1ccccc1C(C)CC(=O)NCCC(O)C(C)C. The summed E-state index contributed by atoms with van der Waals surface area (Å²) in [5.41, 5.74) is 2.45. The van der Waals surface area contributed by atoms with Gasteiger partial charge in [-0.1, -0.05) is 45.0 Å². The number of carbonyl (C=O) groups excluding carboxylic acids is 1. The zero-order valence-electron chi connectivity index (χ0n) is 13.0. The minimum absolute atomic E-state index is 0.0525. The Morgan fingerprint density at radius 1 is 1.25 bits per heavy atom. The molecular weight excluding hydrogens is 250 g/mol. The van der Waals surface area contributed by atoms with E-state index in [1.807, 2.05) is 26.0 Å². The maximum atomic E-state index is 11.9. The maximum absolute atomic E-state index is 11.9. The summed E-state index contributed by atoms with van der Waals surface area (Å²) in [6.07, 6.45) is 0.759. The topological polar surface area (TPSA) is 49.3 Å². The van der Waals surface area contributed by atoms with E-state index in [4.69, 9.17) is 0 Å². The van der Waals surface area contributed by atoms with Gasteiger partial charge in [0, 0.05) is 13.0 Å². The quantitative estimate of drug-likeness (QED) is 0.805. The molecule has 1 aromatic carbocycles. The number of nitrogens with one attached hydrogen (secondary N) is 1. The highest BCUT2D eigenvalue weighted by Gasteiger charge is 2.14. The van der Waals surface area contributed by atoms with Crippen LogP contribution in [0.2, 0.25) is 0 Å². The number of carbonyl (C=O) groups is 1. The molecule has 0 spiro atoms. The monoisotopic (exact) mass is 277 g/mol. The third kappa shape index (κ3) is 5.33. The Morgan fingerprint density at radius 2 is 1.90 bits per heavy atom. The molecule has 1 amide bonds. The van der Waals surface area contributed by atoms with Crippen LogP contribution in [-0.4, -0.2) is 23.7 Å². The normalized spacial score (nSPS) is 14.1. The van der Waals surface area contributed by atoms with E-state index in [-0.39, 0.29) is 23.8 Å². The molecule has 2 atom stereocenters. The second-order valence-corrected chi connectivity index (χ2v) is 5.91. The fraction of sp³-hybridized carbons (Fsp3) is 0.588. The maximum Gasteiger partial charge on any atom is 0.220 e. The Balaban J connectivity index is 2.37. The molecule has 0 fully saturated rings. The zero-order valence-corrected chi connectivity index (χ0v) is 13.0. The molecule has 2 N–H and O–H groups in total. The fourth-order valence-corrected chi connectivity index (χ4v) is 2.29. The largest absolute Gasteiger partial charge is 0.393 e. The molecule has 2 unspecified atom stereocenters. The van der Waals surface area contributed by atoms with Gasteiger partial charge in [-0.2, -0.15) is 0 Å². The first-order valence-electron chi connectivity index (χ1n) is 7.42. The van der Waals surface area contributed by atoms with Gasteiger partial charge in [-0.05, 0) is 36.3 Å². The van der Waals surface area contributed by atoms with Gasteiger partial charge in [-0.25, -0.2) is 0 Å². The molecular formula is C17H27NO2. The van der Waals surface area contributed by atoms with E-state index < -0.39 is 0 Å². The lowest BCUT2D eigenvalue weighted by molar-refractivity contribution is -0.121. The molecule has 1 rings (SSSR count). The first-order valence-corrected chi connectivity index (χ1v) is 7.42. The van der Waals surface area contributed by atoms with Crippen LogP contribution < -0.4 is 5.32 Å². The highest BCUT2D eigenvalue weighted by atomic mass is 16.3. The third-order valence-electron chi connectivity index (χ3n) is 3.74. The van der Waals surface area contributed by atoms with Crippen molar-refractivity contribution < 1.29 is 9.90 Å². The molecule has 0 aliphatic rings. The van der Waals surface area contributed by atoms with Crippen LogP contribution in [0, 0.1) is 12.8 Å². The van der Waals surface area contributed by atoms with Crippen LogP contribution in [-0.2, 0) is 4.79 Å². The Labute approximate surface area is 122 Å². The van der Waals surface area contributed by atoms with E-state index in [2.05, 4.69) is 31.3 Å². The second kappa shape index (κ2) is 8.05. The lowest BCUT2D eigenvalue weighted by Gasteiger charge is -2.16. The number of aliphatic hydroxyl groups excluding tert-OH is 1. The van der Waals surface area contributed by atoms with Crippen LogP contribution in [0.15, 0.2) is 24.3 Å². The van der Waals surface area contributed by atoms with Crippen molar-refractivity contribution in [1.29, 1.82) is 0 Å². The van der Waals surface area contributed by atoms with Crippen molar-refractivity contribution in [3.63, 3.8) is 0 Å². The third-order valence-corrected chi connectivity index (χ3v) is 3.74. The van der Waals surface area contributed by atoms with Crippen LogP contribution in [0.5, 0.6) is 0 Å². The van der Waals surface area contributed by atoms with E-state index in [0.29, 0.717) is 19.4 Å². The smallest absolute Gasteiger partial charge is 0.220 e. The fourth-order valence-electron chi connectivity index (χ4n) is 2.29. The summed E-state index contributed by atoms with van der Waals surface area (Å²) in [5, 5.41) is 12.6. The predicted octanol–water partition coefficient (Wildman–Crippen LogP) is 3.01. The Kier molecular flexibility index (Phi) is 6.73. The molecule has 0 saturated heterocycles. The Bertz CT molecular complexity index is 429. The van der Waals surface area contributed by atoms with Gasteiger partial charge >= 0.3 is 0 Å². The summed E-state index contributed by atoms with van der Waals surface area (Å²) in [7, 11) is 0. The molecule has 20 heavy (non-hydrogen) atoms. The summed E-state index contributed by atoms with van der Waals surface area (Å²) in [4.78, 5) is 11.9. The van der Waals surface area contributed by atoms with Gasteiger partial charge in [0.1, 0.15) is 0 Å². The molecule has 0 heterocycles. The Hall–Kier alpha value is -1.35. The molecule has 0 aliphatic carbocycles. The number of hydrogen-bond acceptors (Lipinski definition) is 2. The summed E-state index contributed by atoms with van der Waals surface area (Å²) in [6, 6.07) is 8.17. The average Bonchev–Trinajstić information content (AvgIpc) is 2.38. The van der Waals surface area contributed by atoms with Crippen LogP contribution in [0.25, 0.3) is 0 Å². The first-order chi connectivity index (χ1) is 9.41. The molecule has 112 valence electrons. The molecule has 0 bridgehead atoms. The zero-order chi connectivity index (χ0) is 15.1. The molecule has 3 heteroatoms. The number of hydrogen-bond donors (Lipinski definition) is 2. The van der Waals surface area contributed by atoms with Gasteiger partial charge in [-0.15, -0.1) is 0 Å². The summed E-state index contributed by atoms with van der Waals surface area (Å²) < 4.78 is 0. The highest BCUT2D eigenvalue weighted by Crippen LogP contribution is 2.22. The van der Waals surface area contributed by atoms with Gasteiger partial charge in [0.05, 0.1) is 6.10 Å². The number of amides is 1. The van der Waals surface area contributed by atoms with Crippen molar-refractivity contribution in [3.8, 4) is 0 Å². The molecule has 0 aliphatic heterocycles. The first kappa shape index (κ1) is 16.7. The van der Waals surface area contributed by atoms with Gasteiger partial charge in [-0.3, -0.25) is 4.79 Å². The highest BCUT2D eigenvalue weighted by molar-refractivity contribution is 5.76. The van der Waals surface area contributed by atoms with E-state index in [0.717, 1.165) is 0 Å². The summed E-state index contributed by atoms with van der Waals surface area (Å²) in [5.74, 6) is 0.501. The van der Waals surface area contributed by atoms with Crippen molar-refractivity contribution in [1.82, 2.24) is 5.32 Å². The number of aliphatic hydroxyl groups is 1. The van der Waals surface area contributed by atoms with E-state index in [9.17, 15) is 9.90 Å². The number of aryl methyl sites for hydroxylation is 1. The number of benzene rings is 1. The standard InChI is InChI=1S/C17H27NO2/c1-12(2)16(19)9-10-18-17(20)11-14(4)15-8-6-5-7-13(15)3/h5-8,12,14,16,19H,9-11H2,1-4H3,(H,18,20). The molecule has 0 saturated carbocycles. The van der Waals surface area contributed by atoms with Gasteiger partial charge < -0.3 is 10.4 Å². The summed E-state index contributed by atoms with van der Waals surface area (Å²) >= 11 is 0. The van der Waals surface area contributed by atoms with E-state index in [1.54, 1.807) is 0 Å². The van der Waals surface area contributed by atoms with Crippen molar-refractivity contribution in [3.05, 3.63) is 35.4 Å². The van der Waals surface area contributed by atoms with Crippen molar-refractivity contribution in [2.45, 2.75) is 52.6 Å². The Morgan fingerprint density at radius 3 is 2.50 bits per heavy atom. The lowest BCUT2D eigenvalue weighted by Crippen LogP contribution is -2.29. The minimum atomic E-state index is -0.343. The second-order valence-electron chi connectivity index (χ2n) is 5.91. The lowest BCUT2D eigenvalue weighted by atomic mass is 9.93. The van der Waals surface area contributed by atoms with Crippen LogP contribution in [0.1, 0.15) is 50.7 Å². The van der Waals surface area contributed by atoms with E-state index >= 15 is 0 Å². The van der Waals surface area contributed by atoms with E-state index in [1.165, 1.54) is 11.1 Å². The van der Waals surface area contributed by atoms with Gasteiger partial charge in [0.2, 0.25) is 5.91 Å². The molecule has 3 nitrogen and oxygen atoms in total. The average molecular weight is 277 g/mol.